The Labute approximate surface area is 156 Å². The number of fused-ring (bicyclic) bond motifs is 5. The van der Waals surface area contributed by atoms with Gasteiger partial charge in [0.2, 0.25) is 0 Å². The van der Waals surface area contributed by atoms with Crippen molar-refractivity contribution in [3.05, 3.63) is 46.8 Å². The van der Waals surface area contributed by atoms with Crippen LogP contribution >= 0.6 is 0 Å². The van der Waals surface area contributed by atoms with E-state index in [2.05, 4.69) is 23.4 Å². The number of hydrogen-bond donors (Lipinski definition) is 2. The molecule has 5 nitrogen and oxygen atoms in total. The highest BCUT2D eigenvalue weighted by atomic mass is 19.3. The maximum Gasteiger partial charge on any atom is 0.282 e. The van der Waals surface area contributed by atoms with E-state index >= 15 is 0 Å². The monoisotopic (exact) mass is 375 g/mol. The van der Waals surface area contributed by atoms with E-state index in [4.69, 9.17) is 0 Å². The van der Waals surface area contributed by atoms with Crippen molar-refractivity contribution in [3.63, 3.8) is 0 Å². The second-order valence-corrected chi connectivity index (χ2v) is 7.69. The second kappa shape index (κ2) is 6.71. The highest BCUT2D eigenvalue weighted by Crippen LogP contribution is 2.61. The average Bonchev–Trinajstić information content (AvgIpc) is 3.33. The number of amides is 1. The number of nitrogens with one attached hydrogen (secondary N) is 1. The Hall–Kier alpha value is -2.28. The van der Waals surface area contributed by atoms with E-state index in [1.807, 2.05) is 12.1 Å². The van der Waals surface area contributed by atoms with Crippen LogP contribution in [0, 0.1) is 11.8 Å². The van der Waals surface area contributed by atoms with Crippen LogP contribution in [0.2, 0.25) is 0 Å². The molecule has 2 aliphatic carbocycles. The minimum absolute atomic E-state index is 0.103. The van der Waals surface area contributed by atoms with Gasteiger partial charge in [0.15, 0.2) is 0 Å². The number of hydrogen-bond acceptors (Lipinski definition) is 3. The van der Waals surface area contributed by atoms with Crippen molar-refractivity contribution in [2.75, 3.05) is 11.9 Å². The molecule has 4 atom stereocenters. The molecule has 1 saturated carbocycles. The molecule has 2 aromatic rings. The number of aliphatic hydroxyl groups is 1. The summed E-state index contributed by atoms with van der Waals surface area (Å²) in [5, 5.41) is 16.2. The summed E-state index contributed by atoms with van der Waals surface area (Å²) in [6.07, 6.45) is 0.624. The molecule has 0 radical (unpaired) electrons. The van der Waals surface area contributed by atoms with Crippen molar-refractivity contribution in [3.8, 4) is 0 Å². The van der Waals surface area contributed by atoms with E-state index in [1.165, 1.54) is 23.5 Å². The lowest BCUT2D eigenvalue weighted by molar-refractivity contribution is 0.101. The Morgan fingerprint density at radius 2 is 2.11 bits per heavy atom. The molecule has 2 N–H and O–H groups in total. The fourth-order valence-electron chi connectivity index (χ4n) is 5.10. The minimum Gasteiger partial charge on any atom is -0.396 e. The summed E-state index contributed by atoms with van der Waals surface area (Å²) in [6.45, 7) is 2.20. The number of halogens is 2. The summed E-state index contributed by atoms with van der Waals surface area (Å²) >= 11 is 0. The number of aromatic nitrogens is 2. The van der Waals surface area contributed by atoms with Crippen molar-refractivity contribution >= 4 is 11.6 Å². The van der Waals surface area contributed by atoms with Crippen molar-refractivity contribution < 1.29 is 18.7 Å². The van der Waals surface area contributed by atoms with E-state index in [9.17, 15) is 18.7 Å². The lowest BCUT2D eigenvalue weighted by Gasteiger charge is -2.22. The van der Waals surface area contributed by atoms with Gasteiger partial charge in [-0.3, -0.25) is 9.48 Å². The number of anilines is 1. The third kappa shape index (κ3) is 2.84. The van der Waals surface area contributed by atoms with Gasteiger partial charge >= 0.3 is 0 Å². The van der Waals surface area contributed by atoms with Gasteiger partial charge in [0.1, 0.15) is 5.69 Å². The predicted molar refractivity (Wildman–Crippen MR) is 97.0 cm³/mol. The van der Waals surface area contributed by atoms with Crippen LogP contribution in [-0.4, -0.2) is 27.4 Å². The van der Waals surface area contributed by atoms with Gasteiger partial charge < -0.3 is 10.4 Å². The largest absolute Gasteiger partial charge is 0.396 e. The zero-order valence-corrected chi connectivity index (χ0v) is 15.3. The minimum atomic E-state index is -2.81. The van der Waals surface area contributed by atoms with Crippen LogP contribution in [0.15, 0.2) is 24.4 Å². The molecule has 2 bridgehead atoms. The van der Waals surface area contributed by atoms with Gasteiger partial charge in [-0.15, -0.1) is 0 Å². The molecule has 0 saturated heterocycles. The fraction of sp³-hybridized carbons (Fsp3) is 0.500. The number of rotatable bonds is 5. The summed E-state index contributed by atoms with van der Waals surface area (Å²) in [5.74, 6) is 0.646. The van der Waals surface area contributed by atoms with Crippen molar-refractivity contribution in [1.29, 1.82) is 0 Å². The van der Waals surface area contributed by atoms with E-state index < -0.39 is 18.0 Å². The summed E-state index contributed by atoms with van der Waals surface area (Å²) < 4.78 is 27.6. The SMILES string of the molecule is C[C@@H](CO)[C@H]1C2CCC1c1c(NC(=O)c3cn(C)nc3C(F)F)cccc12. The van der Waals surface area contributed by atoms with Crippen LogP contribution in [0.25, 0.3) is 0 Å². The second-order valence-electron chi connectivity index (χ2n) is 7.69. The van der Waals surface area contributed by atoms with Gasteiger partial charge in [-0.25, -0.2) is 8.78 Å². The maximum absolute atomic E-state index is 13.2. The van der Waals surface area contributed by atoms with Gasteiger partial charge in [-0.05, 0) is 53.7 Å². The third-order valence-electron chi connectivity index (χ3n) is 6.13. The average molecular weight is 375 g/mol. The zero-order valence-electron chi connectivity index (χ0n) is 15.3. The lowest BCUT2D eigenvalue weighted by Crippen LogP contribution is -2.18. The van der Waals surface area contributed by atoms with E-state index in [0.29, 0.717) is 17.5 Å². The highest BCUT2D eigenvalue weighted by Gasteiger charge is 2.48. The first-order valence-corrected chi connectivity index (χ1v) is 9.29. The van der Waals surface area contributed by atoms with E-state index in [-0.39, 0.29) is 24.0 Å². The molecule has 1 amide bonds. The Balaban J connectivity index is 1.66. The summed E-state index contributed by atoms with van der Waals surface area (Å²) in [5.41, 5.74) is 2.40. The van der Waals surface area contributed by atoms with Gasteiger partial charge in [0, 0.05) is 25.5 Å². The zero-order chi connectivity index (χ0) is 19.3. The lowest BCUT2D eigenvalue weighted by atomic mass is 9.84. The Bertz CT molecular complexity index is 880. The number of nitrogens with zero attached hydrogens (tertiary/aromatic N) is 2. The van der Waals surface area contributed by atoms with Crippen LogP contribution in [0.1, 0.15) is 65.2 Å². The van der Waals surface area contributed by atoms with E-state index in [1.54, 1.807) is 0 Å². The van der Waals surface area contributed by atoms with E-state index in [0.717, 1.165) is 18.4 Å². The molecule has 1 aromatic carbocycles. The number of carbonyl (C=O) groups excluding carboxylic acids is 1. The molecule has 0 spiro atoms. The Morgan fingerprint density at radius 1 is 1.37 bits per heavy atom. The molecule has 1 aromatic heterocycles. The van der Waals surface area contributed by atoms with Crippen LogP contribution < -0.4 is 5.32 Å². The molecular formula is C20H23F2N3O2. The molecule has 2 unspecified atom stereocenters. The molecule has 2 aliphatic rings. The first kappa shape index (κ1) is 18.1. The quantitative estimate of drug-likeness (QED) is 0.835. The van der Waals surface area contributed by atoms with Crippen LogP contribution in [-0.2, 0) is 7.05 Å². The predicted octanol–water partition coefficient (Wildman–Crippen LogP) is 3.83. The molecule has 4 rings (SSSR count). The summed E-state index contributed by atoms with van der Waals surface area (Å²) in [7, 11) is 1.52. The van der Waals surface area contributed by atoms with Gasteiger partial charge in [-0.2, -0.15) is 5.10 Å². The molecule has 0 aliphatic heterocycles. The van der Waals surface area contributed by atoms with Gasteiger partial charge in [0.25, 0.3) is 12.3 Å². The summed E-state index contributed by atoms with van der Waals surface area (Å²) in [4.78, 5) is 12.7. The topological polar surface area (TPSA) is 67.2 Å². The number of alkyl halides is 2. The van der Waals surface area contributed by atoms with Gasteiger partial charge in [0.05, 0.1) is 5.56 Å². The van der Waals surface area contributed by atoms with Crippen molar-refractivity contribution in [1.82, 2.24) is 9.78 Å². The molecule has 144 valence electrons. The van der Waals surface area contributed by atoms with Crippen molar-refractivity contribution in [2.24, 2.45) is 18.9 Å². The summed E-state index contributed by atoms with van der Waals surface area (Å²) in [6, 6.07) is 5.81. The number of aliphatic hydroxyl groups excluding tert-OH is 1. The first-order valence-electron chi connectivity index (χ1n) is 9.29. The molecular weight excluding hydrogens is 352 g/mol. The highest BCUT2D eigenvalue weighted by molar-refractivity contribution is 6.05. The number of carbonyl (C=O) groups is 1. The third-order valence-corrected chi connectivity index (χ3v) is 6.13. The molecule has 1 heterocycles. The molecule has 27 heavy (non-hydrogen) atoms. The Morgan fingerprint density at radius 3 is 2.81 bits per heavy atom. The Kier molecular flexibility index (Phi) is 4.50. The molecule has 7 heteroatoms. The normalized spacial score (nSPS) is 24.3. The fourth-order valence-corrected chi connectivity index (χ4v) is 5.10. The smallest absolute Gasteiger partial charge is 0.282 e. The number of aryl methyl sites for hydroxylation is 1. The first-order chi connectivity index (χ1) is 12.9. The van der Waals surface area contributed by atoms with Crippen LogP contribution in [0.5, 0.6) is 0 Å². The number of benzene rings is 1. The molecule has 1 fully saturated rings. The van der Waals surface area contributed by atoms with Crippen LogP contribution in [0.4, 0.5) is 14.5 Å². The maximum atomic E-state index is 13.2. The standard InChI is InChI=1S/C20H23F2N3O2/c1-10(9-26)16-12-6-7-13(16)17-11(12)4-3-5-15(17)23-20(27)14-8-25(2)24-18(14)19(21)22/h3-5,8,10,12-13,16,19,26H,6-7,9H2,1-2H3,(H,23,27)/t10-,12?,13?,16-/m0/s1. The van der Waals surface area contributed by atoms with Gasteiger partial charge in [-0.1, -0.05) is 19.1 Å². The van der Waals surface area contributed by atoms with Crippen molar-refractivity contribution in [2.45, 2.75) is 38.0 Å². The van der Waals surface area contributed by atoms with Crippen LogP contribution in [0.3, 0.4) is 0 Å².